The Morgan fingerprint density at radius 2 is 2.11 bits per heavy atom. The molecule has 0 saturated carbocycles. The highest BCUT2D eigenvalue weighted by Gasteiger charge is 2.23. The van der Waals surface area contributed by atoms with Crippen LogP contribution in [0, 0.1) is 10.1 Å². The van der Waals surface area contributed by atoms with Crippen LogP contribution in [0.3, 0.4) is 0 Å². The van der Waals surface area contributed by atoms with Gasteiger partial charge in [0.15, 0.2) is 0 Å². The number of benzene rings is 1. The lowest BCUT2D eigenvalue weighted by Gasteiger charge is -2.04. The summed E-state index contributed by atoms with van der Waals surface area (Å²) < 4.78 is 1.56. The molecule has 1 aromatic carbocycles. The molecule has 0 fully saturated rings. The molecule has 0 bridgehead atoms. The van der Waals surface area contributed by atoms with Crippen molar-refractivity contribution in [3.05, 3.63) is 50.1 Å². The first-order valence-corrected chi connectivity index (χ1v) is 8.89. The predicted molar refractivity (Wildman–Crippen MR) is 103 cm³/mol. The zero-order valence-corrected chi connectivity index (χ0v) is 15.5. The molecule has 0 atom stereocenters. The molecule has 0 aliphatic rings. The van der Waals surface area contributed by atoms with Gasteiger partial charge in [-0.15, -0.1) is 16.4 Å². The fourth-order valence-corrected chi connectivity index (χ4v) is 3.59. The van der Waals surface area contributed by atoms with Gasteiger partial charge in [0.2, 0.25) is 22.5 Å². The minimum absolute atomic E-state index is 0.104. The lowest BCUT2D eigenvalue weighted by Crippen LogP contribution is -2.05. The van der Waals surface area contributed by atoms with Crippen molar-refractivity contribution in [2.75, 3.05) is 11.1 Å². The molecule has 3 N–H and O–H groups in total. The van der Waals surface area contributed by atoms with E-state index in [1.165, 1.54) is 11.3 Å². The Morgan fingerprint density at radius 1 is 1.30 bits per heavy atom. The van der Waals surface area contributed by atoms with E-state index >= 15 is 0 Å². The number of hydrogen-bond acceptors (Lipinski definition) is 9. The van der Waals surface area contributed by atoms with E-state index in [0.717, 1.165) is 6.33 Å². The van der Waals surface area contributed by atoms with E-state index in [2.05, 4.69) is 25.4 Å². The second-order valence-electron chi connectivity index (χ2n) is 5.21. The maximum atomic E-state index is 11.2. The van der Waals surface area contributed by atoms with Gasteiger partial charge in [-0.2, -0.15) is 4.98 Å². The Kier molecular flexibility index (Phi) is 4.26. The first kappa shape index (κ1) is 17.4. The van der Waals surface area contributed by atoms with E-state index in [-0.39, 0.29) is 17.6 Å². The minimum atomic E-state index is -0.673. The first-order valence-electron chi connectivity index (χ1n) is 7.25. The summed E-state index contributed by atoms with van der Waals surface area (Å²) in [6.07, 6.45) is 1.11. The van der Waals surface area contributed by atoms with Gasteiger partial charge >= 0.3 is 5.69 Å². The molecule has 0 unspecified atom stereocenters. The number of nitrogens with two attached hydrogens (primary N) is 1. The van der Waals surface area contributed by atoms with E-state index in [1.54, 1.807) is 22.7 Å². The summed E-state index contributed by atoms with van der Waals surface area (Å²) in [7, 11) is 0. The van der Waals surface area contributed by atoms with Crippen molar-refractivity contribution in [2.24, 2.45) is 0 Å². The van der Waals surface area contributed by atoms with Crippen LogP contribution in [-0.2, 0) is 0 Å². The molecular weight excluding hydrogens is 415 g/mol. The molecule has 4 rings (SSSR count). The molecule has 3 heterocycles. The van der Waals surface area contributed by atoms with Crippen molar-refractivity contribution in [1.82, 2.24) is 24.6 Å². The van der Waals surface area contributed by atoms with Crippen LogP contribution in [0.1, 0.15) is 0 Å². The van der Waals surface area contributed by atoms with Crippen LogP contribution in [-0.4, -0.2) is 29.5 Å². The van der Waals surface area contributed by atoms with Gasteiger partial charge in [-0.25, -0.2) is 14.5 Å². The number of aromatic nitrogens is 5. The van der Waals surface area contributed by atoms with Gasteiger partial charge in [-0.1, -0.05) is 23.2 Å². The average molecular weight is 423 g/mol. The average Bonchev–Trinajstić information content (AvgIpc) is 3.17. The van der Waals surface area contributed by atoms with Crippen molar-refractivity contribution < 1.29 is 4.92 Å². The number of hydrogen-bond donors (Lipinski definition) is 2. The van der Waals surface area contributed by atoms with Crippen LogP contribution >= 0.6 is 34.5 Å². The summed E-state index contributed by atoms with van der Waals surface area (Å²) in [5.41, 5.74) is 6.47. The zero-order valence-electron chi connectivity index (χ0n) is 13.1. The number of nitro groups is 1. The Balaban J connectivity index is 1.77. The number of nitrogen functional groups attached to an aromatic ring is 1. The van der Waals surface area contributed by atoms with E-state index in [1.807, 2.05) is 5.38 Å². The molecule has 0 spiro atoms. The number of rotatable bonds is 4. The lowest BCUT2D eigenvalue weighted by atomic mass is 10.2. The monoisotopic (exact) mass is 422 g/mol. The molecule has 0 aliphatic carbocycles. The smallest absolute Gasteiger partial charge is 0.353 e. The molecule has 0 aliphatic heterocycles. The third kappa shape index (κ3) is 3.12. The number of fused-ring (bicyclic) bond motifs is 1. The van der Waals surface area contributed by atoms with Gasteiger partial charge in [0, 0.05) is 16.0 Å². The summed E-state index contributed by atoms with van der Waals surface area (Å²) in [6.45, 7) is 0. The zero-order chi connectivity index (χ0) is 19.1. The summed E-state index contributed by atoms with van der Waals surface area (Å²) in [5, 5.41) is 21.1. The maximum Gasteiger partial charge on any atom is 0.353 e. The van der Waals surface area contributed by atoms with Crippen molar-refractivity contribution in [3.8, 4) is 11.3 Å². The molecule has 136 valence electrons. The highest BCUT2D eigenvalue weighted by atomic mass is 35.5. The standard InChI is InChI=1S/C14H8Cl2N8O2S/c15-6-1-2-8(16)7(3-6)9-4-27-14-21-13(22-23(9)14)20-12-10(24(25)26)11(17)18-5-19-12/h1-5H,(H3,17,18,19,20,22). The third-order valence-electron chi connectivity index (χ3n) is 3.55. The molecule has 10 nitrogen and oxygen atoms in total. The molecular formula is C14H8Cl2N8O2S. The second-order valence-corrected chi connectivity index (χ2v) is 6.89. The largest absolute Gasteiger partial charge is 0.378 e. The van der Waals surface area contributed by atoms with E-state index < -0.39 is 10.6 Å². The summed E-state index contributed by atoms with van der Waals surface area (Å²) in [5.74, 6) is -0.250. The van der Waals surface area contributed by atoms with Gasteiger partial charge in [0.05, 0.1) is 15.6 Å². The van der Waals surface area contributed by atoms with Gasteiger partial charge in [-0.05, 0) is 18.2 Å². The maximum absolute atomic E-state index is 11.2. The van der Waals surface area contributed by atoms with Crippen LogP contribution in [0.25, 0.3) is 16.2 Å². The van der Waals surface area contributed by atoms with Crippen molar-refractivity contribution in [3.63, 3.8) is 0 Å². The fraction of sp³-hybridized carbons (Fsp3) is 0. The topological polar surface area (TPSA) is 137 Å². The van der Waals surface area contributed by atoms with Gasteiger partial charge in [0.1, 0.15) is 6.33 Å². The van der Waals surface area contributed by atoms with Gasteiger partial charge in [-0.3, -0.25) is 10.1 Å². The van der Waals surface area contributed by atoms with E-state index in [4.69, 9.17) is 28.9 Å². The SMILES string of the molecule is Nc1ncnc(Nc2nc3scc(-c4cc(Cl)ccc4Cl)n3n2)c1[N+](=O)[O-]. The molecule has 4 aromatic rings. The molecule has 13 heteroatoms. The highest BCUT2D eigenvalue weighted by molar-refractivity contribution is 7.15. The van der Waals surface area contributed by atoms with Crippen molar-refractivity contribution in [1.29, 1.82) is 0 Å². The highest BCUT2D eigenvalue weighted by Crippen LogP contribution is 2.34. The van der Waals surface area contributed by atoms with E-state index in [9.17, 15) is 10.1 Å². The van der Waals surface area contributed by atoms with Crippen LogP contribution in [0.4, 0.5) is 23.3 Å². The number of thiazole rings is 1. The van der Waals surface area contributed by atoms with Crippen LogP contribution in [0.15, 0.2) is 29.9 Å². The van der Waals surface area contributed by atoms with Crippen molar-refractivity contribution >= 4 is 62.8 Å². The van der Waals surface area contributed by atoms with Crippen LogP contribution in [0.5, 0.6) is 0 Å². The first-order chi connectivity index (χ1) is 12.9. The fourth-order valence-electron chi connectivity index (χ4n) is 2.38. The predicted octanol–water partition coefficient (Wildman–Crippen LogP) is 3.79. The minimum Gasteiger partial charge on any atom is -0.378 e. The number of halogens is 2. The van der Waals surface area contributed by atoms with E-state index in [0.29, 0.717) is 26.3 Å². The molecule has 0 saturated heterocycles. The van der Waals surface area contributed by atoms with Gasteiger partial charge < -0.3 is 11.1 Å². The van der Waals surface area contributed by atoms with Crippen molar-refractivity contribution in [2.45, 2.75) is 0 Å². The quantitative estimate of drug-likeness (QED) is 0.374. The summed E-state index contributed by atoms with van der Waals surface area (Å²) in [4.78, 5) is 22.8. The second kappa shape index (κ2) is 6.61. The number of anilines is 3. The molecule has 3 aromatic heterocycles. The molecule has 0 radical (unpaired) electrons. The number of nitrogens with one attached hydrogen (secondary N) is 1. The van der Waals surface area contributed by atoms with Gasteiger partial charge in [0.25, 0.3) is 0 Å². The Hall–Kier alpha value is -3.02. The van der Waals surface area contributed by atoms with Crippen LogP contribution in [0.2, 0.25) is 10.0 Å². The lowest BCUT2D eigenvalue weighted by molar-refractivity contribution is -0.383. The van der Waals surface area contributed by atoms with Crippen LogP contribution < -0.4 is 11.1 Å². The molecule has 27 heavy (non-hydrogen) atoms. The Bertz CT molecular complexity index is 1190. The Labute approximate surface area is 164 Å². The Morgan fingerprint density at radius 3 is 2.89 bits per heavy atom. The normalized spacial score (nSPS) is 11.0. The third-order valence-corrected chi connectivity index (χ3v) is 4.93. The number of nitrogens with zero attached hydrogens (tertiary/aromatic N) is 6. The summed E-state index contributed by atoms with van der Waals surface area (Å²) >= 11 is 13.6. The summed E-state index contributed by atoms with van der Waals surface area (Å²) in [6, 6.07) is 5.09. The molecule has 0 amide bonds.